The summed E-state index contributed by atoms with van der Waals surface area (Å²) in [7, 11) is 0. The van der Waals surface area contributed by atoms with Crippen molar-refractivity contribution in [2.45, 2.75) is 33.3 Å². The summed E-state index contributed by atoms with van der Waals surface area (Å²) in [6, 6.07) is 5.97. The second-order valence-electron chi connectivity index (χ2n) is 6.61. The fraction of sp³-hybridized carbons (Fsp3) is 0.500. The Bertz CT molecular complexity index is 721. The first-order chi connectivity index (χ1) is 13.7. The first kappa shape index (κ1) is 23.7. The van der Waals surface area contributed by atoms with Gasteiger partial charge in [-0.2, -0.15) is 0 Å². The molecule has 0 saturated carbocycles. The molecule has 11 nitrogen and oxygen atoms in total. The molecule has 0 radical (unpaired) electrons. The van der Waals surface area contributed by atoms with E-state index in [1.54, 1.807) is 6.07 Å². The number of rotatable bonds is 12. The number of alkyl carbamates (subject to hydrolysis) is 1. The van der Waals surface area contributed by atoms with Crippen molar-refractivity contribution < 1.29 is 38.9 Å². The van der Waals surface area contributed by atoms with Gasteiger partial charge >= 0.3 is 18.0 Å². The van der Waals surface area contributed by atoms with Crippen molar-refractivity contribution in [3.05, 3.63) is 45.5 Å². The Balaban J connectivity index is 2.46. The Morgan fingerprint density at radius 2 is 1.90 bits per heavy atom. The molecular weight excluding hydrogens is 388 g/mol. The van der Waals surface area contributed by atoms with E-state index in [-0.39, 0.29) is 35.9 Å². The Labute approximate surface area is 167 Å². The van der Waals surface area contributed by atoms with Crippen molar-refractivity contribution in [1.82, 2.24) is 5.32 Å². The van der Waals surface area contributed by atoms with Crippen molar-refractivity contribution in [2.24, 2.45) is 11.8 Å². The van der Waals surface area contributed by atoms with Crippen LogP contribution in [0.2, 0.25) is 0 Å². The highest BCUT2D eigenvalue weighted by Crippen LogP contribution is 2.15. The van der Waals surface area contributed by atoms with E-state index >= 15 is 0 Å². The van der Waals surface area contributed by atoms with Gasteiger partial charge < -0.3 is 24.7 Å². The summed E-state index contributed by atoms with van der Waals surface area (Å²) in [4.78, 5) is 49.2. The molecule has 0 aliphatic heterocycles. The lowest BCUT2D eigenvalue weighted by Crippen LogP contribution is -2.32. The maximum absolute atomic E-state index is 12.1. The third kappa shape index (κ3) is 9.94. The molecule has 1 rings (SSSR count). The van der Waals surface area contributed by atoms with Crippen molar-refractivity contribution >= 4 is 18.0 Å². The summed E-state index contributed by atoms with van der Waals surface area (Å²) in [5.41, 5.74) is 0.278. The van der Waals surface area contributed by atoms with Crippen LogP contribution >= 0.6 is 0 Å². The molecule has 0 bridgehead atoms. The molecule has 1 amide bonds. The number of nitrogens with zero attached hydrogens (tertiary/aromatic N) is 1. The number of nitrogens with one attached hydrogen (secondary N) is 1. The Kier molecular flexibility index (Phi) is 9.92. The van der Waals surface area contributed by atoms with E-state index in [9.17, 15) is 24.5 Å². The van der Waals surface area contributed by atoms with Crippen LogP contribution in [0.5, 0.6) is 0 Å². The molecule has 1 aromatic rings. The summed E-state index contributed by atoms with van der Waals surface area (Å²) in [6.07, 6.45) is -0.331. The Morgan fingerprint density at radius 3 is 2.52 bits per heavy atom. The molecule has 0 saturated heterocycles. The lowest BCUT2D eigenvalue weighted by Gasteiger charge is -2.17. The zero-order valence-corrected chi connectivity index (χ0v) is 16.2. The van der Waals surface area contributed by atoms with Gasteiger partial charge in [0.25, 0.3) is 5.09 Å². The Morgan fingerprint density at radius 1 is 1.21 bits per heavy atom. The van der Waals surface area contributed by atoms with Gasteiger partial charge in [-0.05, 0) is 29.9 Å². The lowest BCUT2D eigenvalue weighted by atomic mass is 9.94. The number of carbonyl (C=O) groups excluding carboxylic acids is 2. The minimum atomic E-state index is -0.980. The third-order valence-corrected chi connectivity index (χ3v) is 3.75. The van der Waals surface area contributed by atoms with Gasteiger partial charge in [-0.25, -0.2) is 9.59 Å². The van der Waals surface area contributed by atoms with Crippen LogP contribution in [-0.2, 0) is 25.7 Å². The number of amides is 1. The molecule has 29 heavy (non-hydrogen) atoms. The normalized spacial score (nSPS) is 11.4. The number of carboxylic acid groups (broad SMARTS) is 1. The van der Waals surface area contributed by atoms with E-state index < -0.39 is 36.5 Å². The summed E-state index contributed by atoms with van der Waals surface area (Å²) in [6.45, 7) is 2.89. The quantitative estimate of drug-likeness (QED) is 0.228. The monoisotopic (exact) mass is 412 g/mol. The molecule has 1 atom stereocenters. The summed E-state index contributed by atoms with van der Waals surface area (Å²) >= 11 is 0. The summed E-state index contributed by atoms with van der Waals surface area (Å²) in [5.74, 6) is -1.79. The van der Waals surface area contributed by atoms with E-state index in [2.05, 4.69) is 10.2 Å². The molecule has 2 N–H and O–H groups in total. The maximum atomic E-state index is 12.1. The van der Waals surface area contributed by atoms with Gasteiger partial charge in [0, 0.05) is 13.0 Å². The van der Waals surface area contributed by atoms with Crippen molar-refractivity contribution in [2.75, 3.05) is 13.3 Å². The lowest BCUT2D eigenvalue weighted by molar-refractivity contribution is -0.763. The van der Waals surface area contributed by atoms with E-state index in [0.717, 1.165) is 0 Å². The first-order valence-corrected chi connectivity index (χ1v) is 8.83. The molecule has 0 aliphatic rings. The predicted molar refractivity (Wildman–Crippen MR) is 98.2 cm³/mol. The first-order valence-electron chi connectivity index (χ1n) is 8.83. The van der Waals surface area contributed by atoms with Gasteiger partial charge in [-0.1, -0.05) is 32.0 Å². The largest absolute Gasteiger partial charge is 0.481 e. The highest BCUT2D eigenvalue weighted by Gasteiger charge is 2.17. The van der Waals surface area contributed by atoms with Crippen LogP contribution in [0.4, 0.5) is 4.79 Å². The van der Waals surface area contributed by atoms with Crippen LogP contribution < -0.4 is 5.32 Å². The summed E-state index contributed by atoms with van der Waals surface area (Å²) < 4.78 is 9.59. The van der Waals surface area contributed by atoms with Crippen LogP contribution in [0, 0.1) is 22.0 Å². The number of aliphatic carboxylic acids is 1. The highest BCUT2D eigenvalue weighted by atomic mass is 16.9. The SMILES string of the molecule is CC(C)C[C@H](CNC(=O)OCOC(=O)c1ccccc1CO[N+](=O)[O-])CC(=O)O. The zero-order valence-electron chi connectivity index (χ0n) is 16.2. The van der Waals surface area contributed by atoms with E-state index in [1.165, 1.54) is 18.2 Å². The number of carbonyl (C=O) groups is 3. The predicted octanol–water partition coefficient (Wildman–Crippen LogP) is 2.37. The third-order valence-electron chi connectivity index (χ3n) is 3.75. The van der Waals surface area contributed by atoms with Crippen LogP contribution in [0.25, 0.3) is 0 Å². The molecule has 160 valence electrons. The molecule has 1 aromatic carbocycles. The number of hydrogen-bond donors (Lipinski definition) is 2. The molecular formula is C18H24N2O9. The minimum Gasteiger partial charge on any atom is -0.481 e. The van der Waals surface area contributed by atoms with E-state index in [4.69, 9.17) is 14.6 Å². The van der Waals surface area contributed by atoms with Gasteiger partial charge in [0.15, 0.2) is 0 Å². The average Bonchev–Trinajstić information content (AvgIpc) is 2.63. The van der Waals surface area contributed by atoms with Gasteiger partial charge in [0.1, 0.15) is 6.61 Å². The fourth-order valence-electron chi connectivity index (χ4n) is 2.61. The molecule has 0 fully saturated rings. The molecule has 11 heteroatoms. The van der Waals surface area contributed by atoms with Crippen LogP contribution in [0.3, 0.4) is 0 Å². The zero-order chi connectivity index (χ0) is 21.8. The molecule has 0 aromatic heterocycles. The highest BCUT2D eigenvalue weighted by molar-refractivity contribution is 5.91. The average molecular weight is 412 g/mol. The number of hydrogen-bond acceptors (Lipinski definition) is 8. The van der Waals surface area contributed by atoms with E-state index in [0.29, 0.717) is 6.42 Å². The number of ether oxygens (including phenoxy) is 2. The van der Waals surface area contributed by atoms with Gasteiger partial charge in [0.2, 0.25) is 6.79 Å². The van der Waals surface area contributed by atoms with Crippen molar-refractivity contribution in [3.63, 3.8) is 0 Å². The van der Waals surface area contributed by atoms with Crippen molar-refractivity contribution in [3.8, 4) is 0 Å². The van der Waals surface area contributed by atoms with E-state index in [1.807, 2.05) is 13.8 Å². The van der Waals surface area contributed by atoms with Gasteiger partial charge in [-0.15, -0.1) is 10.1 Å². The number of carboxylic acids is 1. The molecule has 0 heterocycles. The van der Waals surface area contributed by atoms with Gasteiger partial charge in [-0.3, -0.25) is 4.79 Å². The summed E-state index contributed by atoms with van der Waals surface area (Å²) in [5, 5.41) is 20.7. The Hall–Kier alpha value is -3.37. The molecule has 0 spiro atoms. The topological polar surface area (TPSA) is 154 Å². The second kappa shape index (κ2) is 12.2. The number of benzene rings is 1. The second-order valence-corrected chi connectivity index (χ2v) is 6.61. The standard InChI is InChI=1S/C18H24N2O9/c1-12(2)7-13(8-16(21)22)9-19-18(24)28-11-27-17(23)15-6-4-3-5-14(15)10-29-20(25)26/h3-6,12-13H,7-11H2,1-2H3,(H,19,24)(H,21,22)/t13-/m0/s1. The maximum Gasteiger partial charge on any atom is 0.410 e. The number of esters is 1. The van der Waals surface area contributed by atoms with Gasteiger partial charge in [0.05, 0.1) is 5.56 Å². The van der Waals surface area contributed by atoms with Crippen LogP contribution in [-0.4, -0.2) is 41.6 Å². The smallest absolute Gasteiger partial charge is 0.410 e. The van der Waals surface area contributed by atoms with Crippen LogP contribution in [0.15, 0.2) is 24.3 Å². The molecule has 0 unspecified atom stereocenters. The fourth-order valence-corrected chi connectivity index (χ4v) is 2.61. The molecule has 0 aliphatic carbocycles. The van der Waals surface area contributed by atoms with Crippen molar-refractivity contribution in [1.29, 1.82) is 0 Å². The minimum absolute atomic E-state index is 0.0387. The van der Waals surface area contributed by atoms with Crippen LogP contribution in [0.1, 0.15) is 42.6 Å².